The van der Waals surface area contributed by atoms with Gasteiger partial charge < -0.3 is 19.4 Å². The zero-order valence-corrected chi connectivity index (χ0v) is 18.3. The van der Waals surface area contributed by atoms with E-state index in [9.17, 15) is 4.79 Å². The Bertz CT molecular complexity index is 1330. The molecule has 0 amide bonds. The van der Waals surface area contributed by atoms with Crippen molar-refractivity contribution in [3.05, 3.63) is 62.2 Å². The molecule has 0 unspecified atom stereocenters. The van der Waals surface area contributed by atoms with Crippen molar-refractivity contribution in [1.29, 1.82) is 0 Å². The van der Waals surface area contributed by atoms with Crippen LogP contribution in [0.25, 0.3) is 21.8 Å². The first-order valence-electron chi connectivity index (χ1n) is 9.72. The standard InChI is InChI=1S/C22H21BrN4O3/c1-29-19-8-14-18(9-20(19)30-2)25-21(26-22(14)28)11-27-6-5-17-15(10-27)13-7-12(23)3-4-16(13)24-17/h3-4,7-9,24H,5-6,10-11H2,1-2H3,(H,25,26,28). The van der Waals surface area contributed by atoms with Crippen LogP contribution in [0.15, 0.2) is 39.6 Å². The van der Waals surface area contributed by atoms with Crippen LogP contribution in [0.4, 0.5) is 0 Å². The molecule has 2 N–H and O–H groups in total. The summed E-state index contributed by atoms with van der Waals surface area (Å²) in [6, 6.07) is 9.73. The van der Waals surface area contributed by atoms with Gasteiger partial charge in [-0.15, -0.1) is 0 Å². The molecule has 0 spiro atoms. The second-order valence-corrected chi connectivity index (χ2v) is 8.39. The maximum Gasteiger partial charge on any atom is 0.258 e. The molecule has 0 bridgehead atoms. The summed E-state index contributed by atoms with van der Waals surface area (Å²) in [5.74, 6) is 1.71. The lowest BCUT2D eigenvalue weighted by atomic mass is 10.0. The molecule has 7 nitrogen and oxygen atoms in total. The molecule has 0 fully saturated rings. The van der Waals surface area contributed by atoms with Crippen molar-refractivity contribution in [3.63, 3.8) is 0 Å². The Morgan fingerprint density at radius 3 is 2.70 bits per heavy atom. The van der Waals surface area contributed by atoms with Crippen LogP contribution >= 0.6 is 15.9 Å². The van der Waals surface area contributed by atoms with Gasteiger partial charge in [0.2, 0.25) is 0 Å². The maximum absolute atomic E-state index is 12.7. The zero-order valence-electron chi connectivity index (χ0n) is 16.7. The molecule has 4 aromatic rings. The number of methoxy groups -OCH3 is 2. The summed E-state index contributed by atoms with van der Waals surface area (Å²) >= 11 is 3.57. The number of halogens is 1. The average molecular weight is 469 g/mol. The number of nitrogens with zero attached hydrogens (tertiary/aromatic N) is 2. The van der Waals surface area contributed by atoms with Crippen molar-refractivity contribution in [1.82, 2.24) is 19.9 Å². The Balaban J connectivity index is 1.47. The van der Waals surface area contributed by atoms with Gasteiger partial charge in [0.25, 0.3) is 5.56 Å². The predicted molar refractivity (Wildman–Crippen MR) is 119 cm³/mol. The lowest BCUT2D eigenvalue weighted by molar-refractivity contribution is 0.239. The van der Waals surface area contributed by atoms with Crippen LogP contribution in [0.2, 0.25) is 0 Å². The number of benzene rings is 2. The third kappa shape index (κ3) is 3.26. The quantitative estimate of drug-likeness (QED) is 0.476. The van der Waals surface area contributed by atoms with Crippen LogP contribution in [0.1, 0.15) is 17.1 Å². The molecular weight excluding hydrogens is 448 g/mol. The van der Waals surface area contributed by atoms with E-state index >= 15 is 0 Å². The van der Waals surface area contributed by atoms with Gasteiger partial charge in [-0.25, -0.2) is 4.98 Å². The smallest absolute Gasteiger partial charge is 0.258 e. The van der Waals surface area contributed by atoms with Crippen LogP contribution in [0, 0.1) is 0 Å². The number of aromatic nitrogens is 3. The molecule has 154 valence electrons. The van der Waals surface area contributed by atoms with E-state index in [1.165, 1.54) is 16.6 Å². The van der Waals surface area contributed by atoms with Gasteiger partial charge in [0, 0.05) is 46.6 Å². The average Bonchev–Trinajstić information content (AvgIpc) is 3.10. The highest BCUT2D eigenvalue weighted by atomic mass is 79.9. The summed E-state index contributed by atoms with van der Waals surface area (Å²) in [4.78, 5) is 26.1. The number of nitrogens with one attached hydrogen (secondary N) is 2. The molecule has 0 atom stereocenters. The SMILES string of the molecule is COc1cc2nc(CN3CCc4[nH]c5ccc(Br)cc5c4C3)[nH]c(=O)c2cc1OC. The lowest BCUT2D eigenvalue weighted by Crippen LogP contribution is -2.31. The van der Waals surface area contributed by atoms with Crippen LogP contribution < -0.4 is 15.0 Å². The Labute approximate surface area is 181 Å². The minimum absolute atomic E-state index is 0.176. The lowest BCUT2D eigenvalue weighted by Gasteiger charge is -2.26. The van der Waals surface area contributed by atoms with E-state index in [2.05, 4.69) is 54.0 Å². The van der Waals surface area contributed by atoms with Crippen LogP contribution in [-0.2, 0) is 19.5 Å². The Hall–Kier alpha value is -2.84. The van der Waals surface area contributed by atoms with Crippen LogP contribution in [-0.4, -0.2) is 40.6 Å². The molecular formula is C22H21BrN4O3. The number of ether oxygens (including phenoxy) is 2. The fourth-order valence-corrected chi connectivity index (χ4v) is 4.54. The van der Waals surface area contributed by atoms with E-state index < -0.39 is 0 Å². The molecule has 8 heteroatoms. The van der Waals surface area contributed by atoms with Crippen molar-refractivity contribution in [2.75, 3.05) is 20.8 Å². The largest absolute Gasteiger partial charge is 0.493 e. The van der Waals surface area contributed by atoms with Gasteiger partial charge in [-0.3, -0.25) is 9.69 Å². The van der Waals surface area contributed by atoms with Gasteiger partial charge >= 0.3 is 0 Å². The molecule has 0 saturated heterocycles. The Morgan fingerprint density at radius 1 is 1.10 bits per heavy atom. The van der Waals surface area contributed by atoms with Crippen molar-refractivity contribution in [3.8, 4) is 11.5 Å². The minimum Gasteiger partial charge on any atom is -0.493 e. The topological polar surface area (TPSA) is 83.2 Å². The highest BCUT2D eigenvalue weighted by molar-refractivity contribution is 9.10. The van der Waals surface area contributed by atoms with Gasteiger partial charge in [0.15, 0.2) is 11.5 Å². The fraction of sp³-hybridized carbons (Fsp3) is 0.273. The molecule has 0 radical (unpaired) electrons. The third-order valence-electron chi connectivity index (χ3n) is 5.65. The molecule has 2 aromatic heterocycles. The molecule has 3 heterocycles. The summed E-state index contributed by atoms with van der Waals surface area (Å²) in [5, 5.41) is 1.72. The van der Waals surface area contributed by atoms with Crippen molar-refractivity contribution in [2.24, 2.45) is 0 Å². The molecule has 1 aliphatic heterocycles. The van der Waals surface area contributed by atoms with Crippen LogP contribution in [0.5, 0.6) is 11.5 Å². The molecule has 30 heavy (non-hydrogen) atoms. The molecule has 2 aromatic carbocycles. The fourth-order valence-electron chi connectivity index (χ4n) is 4.18. The number of H-pyrrole nitrogens is 2. The normalized spacial score (nSPS) is 14.2. The van der Waals surface area contributed by atoms with Gasteiger partial charge in [0.05, 0.1) is 31.7 Å². The van der Waals surface area contributed by atoms with E-state index in [1.54, 1.807) is 26.4 Å². The van der Waals surface area contributed by atoms with Crippen molar-refractivity contribution in [2.45, 2.75) is 19.5 Å². The summed E-state index contributed by atoms with van der Waals surface area (Å²) < 4.78 is 11.7. The molecule has 0 aliphatic carbocycles. The third-order valence-corrected chi connectivity index (χ3v) is 6.14. The van der Waals surface area contributed by atoms with Gasteiger partial charge in [-0.1, -0.05) is 15.9 Å². The molecule has 5 rings (SSSR count). The van der Waals surface area contributed by atoms with Crippen molar-refractivity contribution >= 4 is 37.7 Å². The number of hydrogen-bond acceptors (Lipinski definition) is 5. The number of hydrogen-bond donors (Lipinski definition) is 2. The number of aromatic amines is 2. The van der Waals surface area contributed by atoms with Gasteiger partial charge in [-0.05, 0) is 29.8 Å². The Morgan fingerprint density at radius 2 is 1.90 bits per heavy atom. The van der Waals surface area contributed by atoms with E-state index in [1.807, 2.05) is 0 Å². The predicted octanol–water partition coefficient (Wildman–Crippen LogP) is 3.74. The summed E-state index contributed by atoms with van der Waals surface area (Å²) in [5.41, 5.74) is 4.18. The maximum atomic E-state index is 12.7. The zero-order chi connectivity index (χ0) is 20.8. The summed E-state index contributed by atoms with van der Waals surface area (Å²) in [7, 11) is 3.12. The minimum atomic E-state index is -0.176. The molecule has 1 aliphatic rings. The summed E-state index contributed by atoms with van der Waals surface area (Å²) in [6.07, 6.45) is 0.935. The highest BCUT2D eigenvalue weighted by Gasteiger charge is 2.22. The Kier molecular flexibility index (Phi) is 4.75. The van der Waals surface area contributed by atoms with Gasteiger partial charge in [-0.2, -0.15) is 0 Å². The van der Waals surface area contributed by atoms with Crippen LogP contribution in [0.3, 0.4) is 0 Å². The molecule has 0 saturated carbocycles. The highest BCUT2D eigenvalue weighted by Crippen LogP contribution is 2.31. The first-order valence-corrected chi connectivity index (χ1v) is 10.5. The number of rotatable bonds is 4. The van der Waals surface area contributed by atoms with E-state index in [-0.39, 0.29) is 5.56 Å². The van der Waals surface area contributed by atoms with Gasteiger partial charge in [0.1, 0.15) is 5.82 Å². The van der Waals surface area contributed by atoms with E-state index in [0.717, 1.165) is 29.5 Å². The summed E-state index contributed by atoms with van der Waals surface area (Å²) in [6.45, 7) is 2.27. The van der Waals surface area contributed by atoms with Crippen molar-refractivity contribution < 1.29 is 9.47 Å². The first kappa shape index (κ1) is 19.1. The van der Waals surface area contributed by atoms with E-state index in [0.29, 0.717) is 34.8 Å². The second-order valence-electron chi connectivity index (χ2n) is 7.47. The first-order chi connectivity index (χ1) is 14.6. The van der Waals surface area contributed by atoms with E-state index in [4.69, 9.17) is 9.47 Å². The number of fused-ring (bicyclic) bond motifs is 4. The monoisotopic (exact) mass is 468 g/mol. The second kappa shape index (κ2) is 7.45.